The number of pyridine rings is 1. The average molecular weight is 183 g/mol. The van der Waals surface area contributed by atoms with Gasteiger partial charge in [-0.15, -0.1) is 0 Å². The Hall–Kier alpha value is -1.13. The Balaban J connectivity index is 2.54. The minimum atomic E-state index is -0.0811. The molecule has 0 aliphatic rings. The van der Waals surface area contributed by atoms with Crippen LogP contribution in [0, 0.1) is 0 Å². The first-order chi connectivity index (χ1) is 6.38. The second-order valence-electron chi connectivity index (χ2n) is 2.57. The zero-order chi connectivity index (χ0) is 9.52. The molecular formula is C9H13NO3. The van der Waals surface area contributed by atoms with Crippen molar-refractivity contribution in [3.05, 3.63) is 24.0 Å². The monoisotopic (exact) mass is 183 g/mol. The van der Waals surface area contributed by atoms with Crippen LogP contribution >= 0.6 is 0 Å². The molecule has 0 atom stereocenters. The summed E-state index contributed by atoms with van der Waals surface area (Å²) in [5.74, 6) is 0.631. The normalized spacial score (nSPS) is 10.0. The predicted molar refractivity (Wildman–Crippen MR) is 47.4 cm³/mol. The Morgan fingerprint density at radius 2 is 2.23 bits per heavy atom. The second kappa shape index (κ2) is 5.50. The van der Waals surface area contributed by atoms with Gasteiger partial charge >= 0.3 is 0 Å². The molecule has 72 valence electrons. The lowest BCUT2D eigenvalue weighted by atomic mass is 10.3. The first-order valence-electron chi connectivity index (χ1n) is 4.16. The van der Waals surface area contributed by atoms with Gasteiger partial charge in [0, 0.05) is 31.0 Å². The lowest BCUT2D eigenvalue weighted by Crippen LogP contribution is -2.02. The lowest BCUT2D eigenvalue weighted by Gasteiger charge is -2.07. The van der Waals surface area contributed by atoms with Gasteiger partial charge in [-0.25, -0.2) is 0 Å². The number of hydrogen-bond acceptors (Lipinski definition) is 4. The molecule has 1 aromatic rings. The highest BCUT2D eigenvalue weighted by atomic mass is 16.5. The van der Waals surface area contributed by atoms with Gasteiger partial charge in [0.15, 0.2) is 0 Å². The van der Waals surface area contributed by atoms with Crippen molar-refractivity contribution >= 4 is 0 Å². The van der Waals surface area contributed by atoms with Crippen LogP contribution in [0.15, 0.2) is 18.5 Å². The van der Waals surface area contributed by atoms with Crippen molar-refractivity contribution in [1.29, 1.82) is 0 Å². The maximum Gasteiger partial charge on any atom is 0.127 e. The summed E-state index contributed by atoms with van der Waals surface area (Å²) in [6.07, 6.45) is 3.76. The van der Waals surface area contributed by atoms with Crippen molar-refractivity contribution in [2.45, 2.75) is 13.0 Å². The Kier molecular flexibility index (Phi) is 4.21. The zero-order valence-electron chi connectivity index (χ0n) is 7.31. The lowest BCUT2D eigenvalue weighted by molar-refractivity contribution is 0.225. The molecule has 0 saturated heterocycles. The molecule has 4 heteroatoms. The van der Waals surface area contributed by atoms with Crippen LogP contribution in [0.25, 0.3) is 0 Å². The van der Waals surface area contributed by atoms with Crippen LogP contribution in [0.3, 0.4) is 0 Å². The SMILES string of the molecule is OCCCOc1ccncc1CO. The van der Waals surface area contributed by atoms with Crippen molar-refractivity contribution in [2.24, 2.45) is 0 Å². The van der Waals surface area contributed by atoms with Crippen LogP contribution in [0.1, 0.15) is 12.0 Å². The van der Waals surface area contributed by atoms with Crippen molar-refractivity contribution in [2.75, 3.05) is 13.2 Å². The van der Waals surface area contributed by atoms with E-state index < -0.39 is 0 Å². The fraction of sp³-hybridized carbons (Fsp3) is 0.444. The molecule has 0 bridgehead atoms. The van der Waals surface area contributed by atoms with Gasteiger partial charge in [0.2, 0.25) is 0 Å². The summed E-state index contributed by atoms with van der Waals surface area (Å²) in [6.45, 7) is 0.482. The summed E-state index contributed by atoms with van der Waals surface area (Å²) in [5.41, 5.74) is 0.667. The Labute approximate surface area is 76.8 Å². The van der Waals surface area contributed by atoms with E-state index >= 15 is 0 Å². The topological polar surface area (TPSA) is 62.6 Å². The van der Waals surface area contributed by atoms with Crippen LogP contribution in [0.5, 0.6) is 5.75 Å². The van der Waals surface area contributed by atoms with Crippen molar-refractivity contribution in [3.8, 4) is 5.75 Å². The molecule has 1 rings (SSSR count). The van der Waals surface area contributed by atoms with E-state index in [9.17, 15) is 0 Å². The van der Waals surface area contributed by atoms with Crippen LogP contribution in [0.4, 0.5) is 0 Å². The maximum atomic E-state index is 8.91. The van der Waals surface area contributed by atoms with Crippen LogP contribution in [-0.4, -0.2) is 28.4 Å². The van der Waals surface area contributed by atoms with Gasteiger partial charge < -0.3 is 14.9 Å². The largest absolute Gasteiger partial charge is 0.493 e. The fourth-order valence-electron chi connectivity index (χ4n) is 0.921. The summed E-state index contributed by atoms with van der Waals surface area (Å²) in [4.78, 5) is 3.86. The molecular weight excluding hydrogens is 170 g/mol. The number of aliphatic hydroxyl groups is 2. The molecule has 0 saturated carbocycles. The molecule has 0 aromatic carbocycles. The highest BCUT2D eigenvalue weighted by molar-refractivity contribution is 5.29. The number of rotatable bonds is 5. The quantitative estimate of drug-likeness (QED) is 0.646. The third kappa shape index (κ3) is 3.01. The highest BCUT2D eigenvalue weighted by Gasteiger charge is 2.00. The smallest absolute Gasteiger partial charge is 0.127 e. The van der Waals surface area contributed by atoms with Gasteiger partial charge in [0.1, 0.15) is 5.75 Å². The molecule has 0 radical (unpaired) electrons. The molecule has 4 nitrogen and oxygen atoms in total. The summed E-state index contributed by atoms with van der Waals surface area (Å²) in [7, 11) is 0. The highest BCUT2D eigenvalue weighted by Crippen LogP contribution is 2.16. The predicted octanol–water partition coefficient (Wildman–Crippen LogP) is 0.335. The summed E-state index contributed by atoms with van der Waals surface area (Å²) in [6, 6.07) is 1.70. The molecule has 2 N–H and O–H groups in total. The van der Waals surface area contributed by atoms with Gasteiger partial charge in [-0.05, 0) is 6.07 Å². The number of nitrogens with zero attached hydrogens (tertiary/aromatic N) is 1. The molecule has 0 spiro atoms. The van der Waals surface area contributed by atoms with E-state index in [0.717, 1.165) is 0 Å². The Bertz CT molecular complexity index is 252. The van der Waals surface area contributed by atoms with E-state index in [-0.39, 0.29) is 13.2 Å². The van der Waals surface area contributed by atoms with Gasteiger partial charge in [-0.2, -0.15) is 0 Å². The molecule has 0 unspecified atom stereocenters. The van der Waals surface area contributed by atoms with E-state index in [4.69, 9.17) is 14.9 Å². The van der Waals surface area contributed by atoms with E-state index in [1.807, 2.05) is 0 Å². The first-order valence-corrected chi connectivity index (χ1v) is 4.16. The summed E-state index contributed by atoms with van der Waals surface area (Å²) in [5, 5.41) is 17.4. The van der Waals surface area contributed by atoms with E-state index in [0.29, 0.717) is 24.3 Å². The minimum Gasteiger partial charge on any atom is -0.493 e. The summed E-state index contributed by atoms with van der Waals surface area (Å²) >= 11 is 0. The summed E-state index contributed by atoms with van der Waals surface area (Å²) < 4.78 is 5.31. The molecule has 0 aliphatic heterocycles. The number of hydrogen-bond donors (Lipinski definition) is 2. The fourth-order valence-corrected chi connectivity index (χ4v) is 0.921. The zero-order valence-corrected chi connectivity index (χ0v) is 7.31. The second-order valence-corrected chi connectivity index (χ2v) is 2.57. The molecule has 0 aliphatic carbocycles. The van der Waals surface area contributed by atoms with Gasteiger partial charge in [0.05, 0.1) is 13.2 Å². The Morgan fingerprint density at radius 3 is 2.92 bits per heavy atom. The van der Waals surface area contributed by atoms with Gasteiger partial charge in [-0.1, -0.05) is 0 Å². The minimum absolute atomic E-state index is 0.0811. The van der Waals surface area contributed by atoms with E-state index in [1.54, 1.807) is 18.5 Å². The average Bonchev–Trinajstić information content (AvgIpc) is 2.19. The maximum absolute atomic E-state index is 8.91. The van der Waals surface area contributed by atoms with E-state index in [2.05, 4.69) is 4.98 Å². The third-order valence-corrected chi connectivity index (χ3v) is 1.59. The van der Waals surface area contributed by atoms with Crippen LogP contribution < -0.4 is 4.74 Å². The molecule has 13 heavy (non-hydrogen) atoms. The van der Waals surface area contributed by atoms with Crippen molar-refractivity contribution in [1.82, 2.24) is 4.98 Å². The molecule has 0 amide bonds. The van der Waals surface area contributed by atoms with Crippen molar-refractivity contribution in [3.63, 3.8) is 0 Å². The van der Waals surface area contributed by atoms with Gasteiger partial charge in [-0.3, -0.25) is 4.98 Å². The standard InChI is InChI=1S/C9H13NO3/c11-4-1-5-13-9-2-3-10-6-8(9)7-12/h2-3,6,11-12H,1,4-5,7H2. The van der Waals surface area contributed by atoms with Crippen molar-refractivity contribution < 1.29 is 14.9 Å². The Morgan fingerprint density at radius 1 is 1.38 bits per heavy atom. The molecule has 0 fully saturated rings. The van der Waals surface area contributed by atoms with Crippen LogP contribution in [0.2, 0.25) is 0 Å². The number of ether oxygens (including phenoxy) is 1. The van der Waals surface area contributed by atoms with Crippen LogP contribution in [-0.2, 0) is 6.61 Å². The number of aliphatic hydroxyl groups excluding tert-OH is 2. The first kappa shape index (κ1) is 9.95. The molecule has 1 heterocycles. The molecule has 1 aromatic heterocycles. The number of aromatic nitrogens is 1. The third-order valence-electron chi connectivity index (χ3n) is 1.59. The van der Waals surface area contributed by atoms with E-state index in [1.165, 1.54) is 0 Å². The van der Waals surface area contributed by atoms with Gasteiger partial charge in [0.25, 0.3) is 0 Å².